The maximum absolute atomic E-state index is 14.9. The van der Waals surface area contributed by atoms with Crippen LogP contribution < -0.4 is 5.32 Å². The Hall–Kier alpha value is -2.31. The van der Waals surface area contributed by atoms with Gasteiger partial charge >= 0.3 is 6.09 Å². The molecule has 7 heteroatoms. The lowest BCUT2D eigenvalue weighted by molar-refractivity contribution is 0.0461. The van der Waals surface area contributed by atoms with Gasteiger partial charge in [0.05, 0.1) is 30.6 Å². The van der Waals surface area contributed by atoms with Crippen molar-refractivity contribution in [3.05, 3.63) is 35.4 Å². The lowest BCUT2D eigenvalue weighted by atomic mass is 9.98. The Bertz CT molecular complexity index is 840. The first-order chi connectivity index (χ1) is 14.5. The topological polar surface area (TPSA) is 65.4 Å². The average molecular weight is 452 g/mol. The fraction of sp³-hybridized carbons (Fsp3) is 0.680. The highest BCUT2D eigenvalue weighted by atomic mass is 19.1. The molecule has 1 atom stereocenters. The van der Waals surface area contributed by atoms with Crippen LogP contribution in [0.4, 0.5) is 9.18 Å². The monoisotopic (exact) mass is 451 g/mol. The molecule has 6 nitrogen and oxygen atoms in total. The smallest absolute Gasteiger partial charge is 0.408 e. The number of carbonyl (C=O) groups is 1. The van der Waals surface area contributed by atoms with Crippen molar-refractivity contribution in [1.29, 1.82) is 0 Å². The fourth-order valence-corrected chi connectivity index (χ4v) is 3.26. The van der Waals surface area contributed by atoms with E-state index in [4.69, 9.17) is 9.47 Å². The summed E-state index contributed by atoms with van der Waals surface area (Å²) >= 11 is 0. The highest BCUT2D eigenvalue weighted by molar-refractivity contribution is 5.74. The van der Waals surface area contributed by atoms with Gasteiger partial charge in [-0.3, -0.25) is 4.68 Å². The minimum atomic E-state index is -1.62. The number of alkyl halides is 1. The number of amides is 1. The van der Waals surface area contributed by atoms with Gasteiger partial charge in [-0.05, 0) is 67.9 Å². The van der Waals surface area contributed by atoms with Crippen LogP contribution in [-0.4, -0.2) is 34.1 Å². The molecular formula is C25H42FN3O3. The van der Waals surface area contributed by atoms with Gasteiger partial charge in [-0.15, -0.1) is 0 Å². The molecular weight excluding hydrogens is 409 g/mol. The fourth-order valence-electron chi connectivity index (χ4n) is 3.26. The molecule has 0 saturated carbocycles. The van der Waals surface area contributed by atoms with Gasteiger partial charge < -0.3 is 14.8 Å². The number of nitrogens with one attached hydrogen (secondary N) is 1. The van der Waals surface area contributed by atoms with Crippen LogP contribution in [0.5, 0.6) is 0 Å². The summed E-state index contributed by atoms with van der Waals surface area (Å²) in [5.74, 6) is 0.983. The Morgan fingerprint density at radius 2 is 1.84 bits per heavy atom. The molecule has 182 valence electrons. The largest absolute Gasteiger partial charge is 0.500 e. The lowest BCUT2D eigenvalue weighted by Gasteiger charge is -2.29. The summed E-state index contributed by atoms with van der Waals surface area (Å²) in [5, 5.41) is 7.48. The molecule has 1 amide bonds. The van der Waals surface area contributed by atoms with E-state index in [0.29, 0.717) is 12.2 Å². The summed E-state index contributed by atoms with van der Waals surface area (Å²) in [6.07, 6.45) is 4.27. The average Bonchev–Trinajstić information content (AvgIpc) is 3.02. The number of methoxy groups -OCH3 is 1. The quantitative estimate of drug-likeness (QED) is 0.350. The highest BCUT2D eigenvalue weighted by Crippen LogP contribution is 2.32. The van der Waals surface area contributed by atoms with Crippen LogP contribution >= 0.6 is 0 Å². The van der Waals surface area contributed by atoms with E-state index >= 15 is 0 Å². The van der Waals surface area contributed by atoms with Gasteiger partial charge in [0.1, 0.15) is 17.0 Å². The van der Waals surface area contributed by atoms with Crippen molar-refractivity contribution in [2.45, 2.75) is 99.0 Å². The Morgan fingerprint density at radius 1 is 1.25 bits per heavy atom. The summed E-state index contributed by atoms with van der Waals surface area (Å²) < 4.78 is 27.8. The van der Waals surface area contributed by atoms with Gasteiger partial charge in [-0.25, -0.2) is 9.18 Å². The third kappa shape index (κ3) is 7.99. The Labute approximate surface area is 193 Å². The number of aromatic nitrogens is 2. The maximum atomic E-state index is 14.9. The van der Waals surface area contributed by atoms with Gasteiger partial charge in [0, 0.05) is 11.5 Å². The van der Waals surface area contributed by atoms with E-state index in [2.05, 4.69) is 24.3 Å². The van der Waals surface area contributed by atoms with Crippen LogP contribution in [0.15, 0.2) is 24.0 Å². The predicted octanol–water partition coefficient (Wildman–Crippen LogP) is 6.37. The first-order valence-electron chi connectivity index (χ1n) is 11.2. The van der Waals surface area contributed by atoms with Crippen LogP contribution in [-0.2, 0) is 21.7 Å². The van der Waals surface area contributed by atoms with Crippen molar-refractivity contribution in [2.24, 2.45) is 5.92 Å². The van der Waals surface area contributed by atoms with Crippen molar-refractivity contribution in [3.63, 3.8) is 0 Å². The number of halogens is 1. The number of hydrogen-bond donors (Lipinski definition) is 1. The van der Waals surface area contributed by atoms with Crippen LogP contribution in [0.3, 0.4) is 0 Å². The van der Waals surface area contributed by atoms with Gasteiger partial charge in [-0.2, -0.15) is 5.10 Å². The van der Waals surface area contributed by atoms with Gasteiger partial charge in [0.25, 0.3) is 0 Å². The number of rotatable bonds is 9. The van der Waals surface area contributed by atoms with Gasteiger partial charge in [0.2, 0.25) is 0 Å². The molecule has 0 spiro atoms. The van der Waals surface area contributed by atoms with Crippen molar-refractivity contribution >= 4 is 11.7 Å². The molecule has 0 aliphatic heterocycles. The van der Waals surface area contributed by atoms with Crippen molar-refractivity contribution in [3.8, 4) is 0 Å². The number of hydrogen-bond acceptors (Lipinski definition) is 4. The number of ether oxygens (including phenoxy) is 2. The molecule has 0 bridgehead atoms. The summed E-state index contributed by atoms with van der Waals surface area (Å²) in [7, 11) is 1.65. The highest BCUT2D eigenvalue weighted by Gasteiger charge is 2.30. The minimum absolute atomic E-state index is 0.171. The van der Waals surface area contributed by atoms with Crippen LogP contribution in [0.25, 0.3) is 5.57 Å². The van der Waals surface area contributed by atoms with Crippen LogP contribution in [0.2, 0.25) is 0 Å². The molecule has 32 heavy (non-hydrogen) atoms. The summed E-state index contributed by atoms with van der Waals surface area (Å²) in [6, 6.07) is 1.76. The number of nitrogens with zero attached hydrogens (tertiary/aromatic N) is 2. The van der Waals surface area contributed by atoms with E-state index in [1.807, 2.05) is 53.7 Å². The molecule has 0 saturated heterocycles. The third-order valence-electron chi connectivity index (χ3n) is 4.93. The van der Waals surface area contributed by atoms with E-state index in [1.54, 1.807) is 17.9 Å². The minimum Gasteiger partial charge on any atom is -0.500 e. The number of allylic oxidation sites excluding steroid dienone is 4. The van der Waals surface area contributed by atoms with E-state index in [0.717, 1.165) is 23.4 Å². The number of alkyl carbamates (subject to hydrolysis) is 1. The number of carbonyl (C=O) groups excluding carboxylic acids is 1. The second-order valence-electron chi connectivity index (χ2n) is 10.3. The van der Waals surface area contributed by atoms with Crippen molar-refractivity contribution in [1.82, 2.24) is 15.1 Å². The zero-order valence-electron chi connectivity index (χ0n) is 21.7. The first kappa shape index (κ1) is 27.7. The molecule has 0 radical (unpaired) electrons. The normalized spacial score (nSPS) is 14.9. The third-order valence-corrected chi connectivity index (χ3v) is 4.93. The Morgan fingerprint density at radius 3 is 2.28 bits per heavy atom. The van der Waals surface area contributed by atoms with Gasteiger partial charge in [-0.1, -0.05) is 26.0 Å². The zero-order chi connectivity index (χ0) is 24.9. The second-order valence-corrected chi connectivity index (χ2v) is 10.3. The van der Waals surface area contributed by atoms with Crippen molar-refractivity contribution in [2.75, 3.05) is 7.11 Å². The van der Waals surface area contributed by atoms with E-state index in [1.165, 1.54) is 13.8 Å². The molecule has 1 rings (SSSR count). The SMILES string of the molecule is C/C=C\C(=C(\OC)C(C)CC)c1cc(C(C)(C)F)nn1CC(C)(C)NC(=O)OC(C)(C)C. The van der Waals surface area contributed by atoms with E-state index in [-0.39, 0.29) is 5.92 Å². The van der Waals surface area contributed by atoms with Crippen molar-refractivity contribution < 1.29 is 18.7 Å². The summed E-state index contributed by atoms with van der Waals surface area (Å²) in [4.78, 5) is 12.4. The molecule has 1 heterocycles. The predicted molar refractivity (Wildman–Crippen MR) is 128 cm³/mol. The lowest BCUT2D eigenvalue weighted by Crippen LogP contribution is -2.48. The van der Waals surface area contributed by atoms with Crippen LogP contribution in [0.1, 0.15) is 87.0 Å². The standard InChI is InChI=1S/C25H42FN3O3/c1-12-14-18(21(31-11)17(3)13-2)19-15-20(25(9,10)26)28-29(19)16-24(7,8)27-22(30)32-23(4,5)6/h12,14-15,17H,13,16H2,1-11H3,(H,27,30)/b14-12-,21-18-. The zero-order valence-corrected chi connectivity index (χ0v) is 21.7. The van der Waals surface area contributed by atoms with Crippen LogP contribution in [0, 0.1) is 5.92 Å². The Kier molecular flexibility index (Phi) is 9.13. The van der Waals surface area contributed by atoms with E-state index in [9.17, 15) is 9.18 Å². The molecule has 1 N–H and O–H groups in total. The summed E-state index contributed by atoms with van der Waals surface area (Å²) in [5.41, 5.74) is -1.02. The summed E-state index contributed by atoms with van der Waals surface area (Å²) in [6.45, 7) is 18.6. The molecule has 0 aromatic carbocycles. The molecule has 1 unspecified atom stereocenters. The maximum Gasteiger partial charge on any atom is 0.408 e. The molecule has 0 aliphatic carbocycles. The second kappa shape index (κ2) is 10.5. The Balaban J connectivity index is 3.54. The first-order valence-corrected chi connectivity index (χ1v) is 11.2. The van der Waals surface area contributed by atoms with E-state index < -0.39 is 22.9 Å². The molecule has 1 aromatic heterocycles. The molecule has 0 fully saturated rings. The molecule has 0 aliphatic rings. The van der Waals surface area contributed by atoms with Gasteiger partial charge in [0.15, 0.2) is 0 Å². The molecule has 1 aromatic rings.